The van der Waals surface area contributed by atoms with Crippen LogP contribution in [0, 0.1) is 0 Å². The van der Waals surface area contributed by atoms with Gasteiger partial charge in [-0.1, -0.05) is 48.5 Å². The summed E-state index contributed by atoms with van der Waals surface area (Å²) in [5, 5.41) is 11.2. The summed E-state index contributed by atoms with van der Waals surface area (Å²) in [6.45, 7) is 3.71. The lowest BCUT2D eigenvalue weighted by molar-refractivity contribution is -0.117. The van der Waals surface area contributed by atoms with Gasteiger partial charge in [-0.3, -0.25) is 14.4 Å². The Kier molecular flexibility index (Phi) is 7.93. The largest absolute Gasteiger partial charge is 0.495 e. The van der Waals surface area contributed by atoms with Crippen LogP contribution in [-0.2, 0) is 14.8 Å². The minimum atomic E-state index is -3.82. The number of nitrogens with zero attached hydrogens (tertiary/aromatic N) is 3. The molecule has 12 heteroatoms. The molecule has 1 aromatic heterocycles. The highest BCUT2D eigenvalue weighted by Gasteiger charge is 2.34. The zero-order valence-electron chi connectivity index (χ0n) is 15.8. The molecule has 0 radical (unpaired) electrons. The average Bonchev–Trinajstić information content (AvgIpc) is 3.05. The van der Waals surface area contributed by atoms with E-state index in [0.717, 1.165) is 20.7 Å². The van der Waals surface area contributed by atoms with Crippen molar-refractivity contribution in [2.24, 2.45) is 0 Å². The molecule has 28 heavy (non-hydrogen) atoms. The Bertz CT molecular complexity index is 936. The molecule has 1 atom stereocenters. The van der Waals surface area contributed by atoms with E-state index in [1.165, 1.54) is 36.3 Å². The topological polar surface area (TPSA) is 101 Å². The van der Waals surface area contributed by atoms with Crippen LogP contribution in [-0.4, -0.2) is 49.7 Å². The summed E-state index contributed by atoms with van der Waals surface area (Å²) in [5.74, 6) is 0.606. The molecule has 0 aliphatic rings. The zero-order chi connectivity index (χ0) is 20.9. The van der Waals surface area contributed by atoms with E-state index in [9.17, 15) is 13.2 Å². The molecule has 0 aliphatic carbocycles. The normalized spacial score (nSPS) is 12.5. The number of carbonyl (C=O) groups is 1. The Balaban J connectivity index is 2.40. The van der Waals surface area contributed by atoms with E-state index in [0.29, 0.717) is 15.9 Å². The SMILES string of the molecule is CCSc1nnc(NC(=O)[C@H](CC)N(c2cc(Cl)ccc2OC)S(C)(=O)=O)s1. The molecule has 0 aliphatic heterocycles. The zero-order valence-corrected chi connectivity index (χ0v) is 19.0. The highest BCUT2D eigenvalue weighted by atomic mass is 35.5. The number of amides is 1. The number of rotatable bonds is 9. The van der Waals surface area contributed by atoms with Crippen LogP contribution in [0.15, 0.2) is 22.5 Å². The monoisotopic (exact) mass is 464 g/mol. The first-order valence-electron chi connectivity index (χ1n) is 8.31. The number of carbonyl (C=O) groups excluding carboxylic acids is 1. The van der Waals surface area contributed by atoms with Gasteiger partial charge in [-0.25, -0.2) is 8.42 Å². The molecule has 1 N–H and O–H groups in total. The summed E-state index contributed by atoms with van der Waals surface area (Å²) < 4.78 is 32.2. The van der Waals surface area contributed by atoms with Gasteiger partial charge in [0.2, 0.25) is 21.1 Å². The summed E-state index contributed by atoms with van der Waals surface area (Å²) in [5.41, 5.74) is 0.194. The van der Waals surface area contributed by atoms with Gasteiger partial charge in [0.1, 0.15) is 11.8 Å². The highest BCUT2D eigenvalue weighted by Crippen LogP contribution is 2.35. The summed E-state index contributed by atoms with van der Waals surface area (Å²) >= 11 is 8.80. The quantitative estimate of drug-likeness (QED) is 0.447. The fourth-order valence-corrected chi connectivity index (χ4v) is 5.53. The molecule has 0 saturated heterocycles. The second-order valence-corrected chi connectivity index (χ2v) is 10.4. The number of hydrogen-bond acceptors (Lipinski definition) is 8. The fraction of sp³-hybridized carbons (Fsp3) is 0.438. The van der Waals surface area contributed by atoms with Crippen molar-refractivity contribution in [1.82, 2.24) is 10.2 Å². The van der Waals surface area contributed by atoms with Crippen molar-refractivity contribution in [2.45, 2.75) is 30.6 Å². The van der Waals surface area contributed by atoms with Crippen molar-refractivity contribution in [3.63, 3.8) is 0 Å². The van der Waals surface area contributed by atoms with E-state index in [2.05, 4.69) is 15.5 Å². The minimum Gasteiger partial charge on any atom is -0.495 e. The van der Waals surface area contributed by atoms with Gasteiger partial charge in [-0.15, -0.1) is 10.2 Å². The number of halogens is 1. The summed E-state index contributed by atoms with van der Waals surface area (Å²) in [7, 11) is -2.40. The number of benzene rings is 1. The van der Waals surface area contributed by atoms with Crippen LogP contribution in [0.25, 0.3) is 0 Å². The molecule has 0 bridgehead atoms. The van der Waals surface area contributed by atoms with Crippen LogP contribution in [0.2, 0.25) is 5.02 Å². The lowest BCUT2D eigenvalue weighted by Gasteiger charge is -2.30. The van der Waals surface area contributed by atoms with Crippen molar-refractivity contribution in [3.8, 4) is 5.75 Å². The minimum absolute atomic E-state index is 0.194. The molecule has 2 aromatic rings. The highest BCUT2D eigenvalue weighted by molar-refractivity contribution is 8.01. The van der Waals surface area contributed by atoms with Gasteiger partial charge in [0.15, 0.2) is 4.34 Å². The van der Waals surface area contributed by atoms with Gasteiger partial charge in [-0.05, 0) is 30.4 Å². The van der Waals surface area contributed by atoms with E-state index < -0.39 is 22.0 Å². The van der Waals surface area contributed by atoms with E-state index in [1.807, 2.05) is 6.92 Å². The van der Waals surface area contributed by atoms with Crippen molar-refractivity contribution < 1.29 is 17.9 Å². The number of aromatic nitrogens is 2. The molecule has 8 nitrogen and oxygen atoms in total. The number of nitrogens with one attached hydrogen (secondary N) is 1. The molecular weight excluding hydrogens is 444 g/mol. The number of methoxy groups -OCH3 is 1. The molecule has 1 heterocycles. The predicted octanol–water partition coefficient (Wildman–Crippen LogP) is 3.50. The Morgan fingerprint density at radius 3 is 2.68 bits per heavy atom. The van der Waals surface area contributed by atoms with E-state index in [-0.39, 0.29) is 12.1 Å². The van der Waals surface area contributed by atoms with Crippen LogP contribution in [0.1, 0.15) is 20.3 Å². The lowest BCUT2D eigenvalue weighted by atomic mass is 10.2. The predicted molar refractivity (Wildman–Crippen MR) is 114 cm³/mol. The maximum absolute atomic E-state index is 12.9. The molecule has 0 saturated carbocycles. The molecule has 0 fully saturated rings. The van der Waals surface area contributed by atoms with Crippen LogP contribution in [0.3, 0.4) is 0 Å². The smallest absolute Gasteiger partial charge is 0.250 e. The molecule has 1 aromatic carbocycles. The molecule has 2 rings (SSSR count). The van der Waals surface area contributed by atoms with Crippen LogP contribution in [0.4, 0.5) is 10.8 Å². The van der Waals surface area contributed by atoms with Gasteiger partial charge in [0.05, 0.1) is 19.1 Å². The Morgan fingerprint density at radius 2 is 2.11 bits per heavy atom. The Morgan fingerprint density at radius 1 is 1.39 bits per heavy atom. The maximum Gasteiger partial charge on any atom is 0.250 e. The first kappa shape index (κ1) is 22.7. The Hall–Kier alpha value is -1.56. The third-order valence-corrected chi connectivity index (χ3v) is 6.87. The number of thioether (sulfide) groups is 1. The standard InChI is InChI=1S/C16H21ClN4O4S3/c1-5-11(14(22)18-15-19-20-16(27-15)26-6-2)21(28(4,23)24)12-9-10(17)7-8-13(12)25-3/h7-9,11H,5-6H2,1-4H3,(H,18,19,22)/t11-/m0/s1. The third-order valence-electron chi connectivity index (χ3n) is 3.61. The van der Waals surface area contributed by atoms with Crippen molar-refractivity contribution in [2.75, 3.05) is 28.7 Å². The third kappa shape index (κ3) is 5.49. The number of sulfonamides is 1. The van der Waals surface area contributed by atoms with Gasteiger partial charge in [0.25, 0.3) is 0 Å². The number of ether oxygens (including phenoxy) is 1. The molecular formula is C16H21ClN4O4S3. The number of anilines is 2. The van der Waals surface area contributed by atoms with Gasteiger partial charge < -0.3 is 4.74 Å². The second kappa shape index (κ2) is 9.77. The van der Waals surface area contributed by atoms with E-state index >= 15 is 0 Å². The first-order valence-corrected chi connectivity index (χ1v) is 12.3. The van der Waals surface area contributed by atoms with Crippen LogP contribution < -0.4 is 14.4 Å². The average molecular weight is 465 g/mol. The lowest BCUT2D eigenvalue weighted by Crippen LogP contribution is -2.47. The first-order chi connectivity index (χ1) is 13.2. The van der Waals surface area contributed by atoms with Gasteiger partial charge in [-0.2, -0.15) is 0 Å². The molecule has 1 amide bonds. The second-order valence-electron chi connectivity index (χ2n) is 5.59. The van der Waals surface area contributed by atoms with E-state index in [1.54, 1.807) is 19.1 Å². The summed E-state index contributed by atoms with van der Waals surface area (Å²) in [4.78, 5) is 12.9. The van der Waals surface area contributed by atoms with Crippen molar-refractivity contribution in [1.29, 1.82) is 0 Å². The van der Waals surface area contributed by atoms with Crippen molar-refractivity contribution >= 4 is 61.4 Å². The summed E-state index contributed by atoms with van der Waals surface area (Å²) in [6.07, 6.45) is 1.26. The number of hydrogen-bond donors (Lipinski definition) is 1. The fourth-order valence-electron chi connectivity index (χ4n) is 2.50. The van der Waals surface area contributed by atoms with Crippen LogP contribution in [0.5, 0.6) is 5.75 Å². The van der Waals surface area contributed by atoms with Gasteiger partial charge in [0, 0.05) is 5.02 Å². The maximum atomic E-state index is 12.9. The molecule has 0 unspecified atom stereocenters. The van der Waals surface area contributed by atoms with E-state index in [4.69, 9.17) is 16.3 Å². The molecule has 154 valence electrons. The van der Waals surface area contributed by atoms with Gasteiger partial charge >= 0.3 is 0 Å². The molecule has 0 spiro atoms. The van der Waals surface area contributed by atoms with Crippen LogP contribution >= 0.6 is 34.7 Å². The Labute approximate surface area is 177 Å². The summed E-state index contributed by atoms with van der Waals surface area (Å²) in [6, 6.07) is 3.57. The van der Waals surface area contributed by atoms with Crippen molar-refractivity contribution in [3.05, 3.63) is 23.2 Å².